The molecule has 0 bridgehead atoms. The van der Waals surface area contributed by atoms with E-state index in [0.717, 1.165) is 45.8 Å². The van der Waals surface area contributed by atoms with Gasteiger partial charge in [0.25, 0.3) is 0 Å². The Bertz CT molecular complexity index is 1440. The summed E-state index contributed by atoms with van der Waals surface area (Å²) in [5.74, 6) is 0. The Hall–Kier alpha value is -3.55. The molecule has 0 N–H and O–H groups in total. The average molecular weight is 468 g/mol. The van der Waals surface area contributed by atoms with Crippen LogP contribution >= 0.6 is 0 Å². The Kier molecular flexibility index (Phi) is 6.13. The molecule has 0 aliphatic heterocycles. The van der Waals surface area contributed by atoms with E-state index in [2.05, 4.69) is 66.1 Å². The van der Waals surface area contributed by atoms with Crippen LogP contribution in [0.1, 0.15) is 5.69 Å². The van der Waals surface area contributed by atoms with Crippen LogP contribution in [0.4, 0.5) is 0 Å². The summed E-state index contributed by atoms with van der Waals surface area (Å²) in [4.78, 5) is 4.47. The van der Waals surface area contributed by atoms with Gasteiger partial charge in [0.05, 0.1) is 11.7 Å². The molecular formula is C27H29N5OSi. The summed E-state index contributed by atoms with van der Waals surface area (Å²) in [5.41, 5.74) is 4.05. The van der Waals surface area contributed by atoms with Gasteiger partial charge in [0.1, 0.15) is 12.4 Å². The monoisotopic (exact) mass is 467 g/mol. The van der Waals surface area contributed by atoms with E-state index >= 15 is 0 Å². The molecule has 3 heterocycles. The molecule has 7 heteroatoms. The smallest absolute Gasteiger partial charge is 0.140 e. The predicted molar refractivity (Wildman–Crippen MR) is 142 cm³/mol. The fourth-order valence-corrected chi connectivity index (χ4v) is 4.72. The highest BCUT2D eigenvalue weighted by atomic mass is 28.3. The zero-order valence-electron chi connectivity index (χ0n) is 19.8. The number of ether oxygens (including phenoxy) is 1. The topological polar surface area (TPSA) is 57.2 Å². The van der Waals surface area contributed by atoms with Crippen molar-refractivity contribution in [3.05, 3.63) is 85.1 Å². The van der Waals surface area contributed by atoms with E-state index in [1.54, 1.807) is 4.68 Å². The number of fused-ring (bicyclic) bond motifs is 2. The van der Waals surface area contributed by atoms with Crippen molar-refractivity contribution in [1.82, 2.24) is 19.4 Å². The Morgan fingerprint density at radius 2 is 1.79 bits per heavy atom. The van der Waals surface area contributed by atoms with Crippen molar-refractivity contribution in [2.75, 3.05) is 6.61 Å². The van der Waals surface area contributed by atoms with Gasteiger partial charge in [-0.15, -0.1) is 0 Å². The predicted octanol–water partition coefficient (Wildman–Crippen LogP) is 6.25. The third-order valence-electron chi connectivity index (χ3n) is 5.87. The van der Waals surface area contributed by atoms with Crippen molar-refractivity contribution in [2.45, 2.75) is 32.4 Å². The molecule has 2 aromatic carbocycles. The molecule has 0 amide bonds. The van der Waals surface area contributed by atoms with Crippen molar-refractivity contribution in [3.63, 3.8) is 0 Å². The highest BCUT2D eigenvalue weighted by molar-refractivity contribution is 6.76. The molecular weight excluding hydrogens is 438 g/mol. The summed E-state index contributed by atoms with van der Waals surface area (Å²) in [7, 11) is -1.14. The number of pyridine rings is 1. The van der Waals surface area contributed by atoms with Crippen LogP contribution in [0.25, 0.3) is 32.8 Å². The SMILES string of the molecule is C[Si](C)(C)CCOCn1nc(/C=N/n2cccc2)c2cc(-c3cncc4ccccc34)ccc21. The maximum Gasteiger partial charge on any atom is 0.140 e. The van der Waals surface area contributed by atoms with Gasteiger partial charge in [-0.05, 0) is 41.3 Å². The summed E-state index contributed by atoms with van der Waals surface area (Å²) >= 11 is 0. The molecule has 5 rings (SSSR count). The number of aromatic nitrogens is 4. The average Bonchev–Trinajstić information content (AvgIpc) is 3.47. The molecule has 0 aliphatic rings. The molecule has 34 heavy (non-hydrogen) atoms. The van der Waals surface area contributed by atoms with E-state index < -0.39 is 8.07 Å². The van der Waals surface area contributed by atoms with Gasteiger partial charge in [0, 0.05) is 55.8 Å². The first-order chi connectivity index (χ1) is 16.5. The van der Waals surface area contributed by atoms with Crippen LogP contribution in [-0.4, -0.2) is 40.3 Å². The Labute approximate surface area is 200 Å². The van der Waals surface area contributed by atoms with Crippen LogP contribution in [0, 0.1) is 0 Å². The fourth-order valence-electron chi connectivity index (χ4n) is 3.97. The summed E-state index contributed by atoms with van der Waals surface area (Å²) in [6.45, 7) is 8.26. The van der Waals surface area contributed by atoms with E-state index in [-0.39, 0.29) is 0 Å². The Balaban J connectivity index is 1.54. The van der Waals surface area contributed by atoms with Gasteiger partial charge in [-0.3, -0.25) is 4.98 Å². The van der Waals surface area contributed by atoms with E-state index in [1.165, 1.54) is 5.39 Å². The van der Waals surface area contributed by atoms with Crippen LogP contribution in [0.5, 0.6) is 0 Å². The van der Waals surface area contributed by atoms with Gasteiger partial charge >= 0.3 is 0 Å². The van der Waals surface area contributed by atoms with Gasteiger partial charge < -0.3 is 4.74 Å². The van der Waals surface area contributed by atoms with Gasteiger partial charge in [-0.1, -0.05) is 50.0 Å². The molecule has 0 aliphatic carbocycles. The van der Waals surface area contributed by atoms with Crippen molar-refractivity contribution >= 4 is 36.0 Å². The first kappa shape index (κ1) is 22.2. The second kappa shape index (κ2) is 9.36. The molecule has 0 atom stereocenters. The lowest BCUT2D eigenvalue weighted by molar-refractivity contribution is 0.0816. The molecule has 0 unspecified atom stereocenters. The fraction of sp³-hybridized carbons (Fsp3) is 0.222. The normalized spacial score (nSPS) is 12.3. The van der Waals surface area contributed by atoms with Crippen LogP contribution in [0.3, 0.4) is 0 Å². The van der Waals surface area contributed by atoms with Gasteiger partial charge in [0.2, 0.25) is 0 Å². The van der Waals surface area contributed by atoms with Crippen LogP contribution in [-0.2, 0) is 11.5 Å². The third-order valence-corrected chi connectivity index (χ3v) is 7.57. The Morgan fingerprint density at radius 3 is 2.62 bits per heavy atom. The lowest BCUT2D eigenvalue weighted by Crippen LogP contribution is -2.22. The summed E-state index contributed by atoms with van der Waals surface area (Å²) in [5, 5.41) is 12.7. The Morgan fingerprint density at radius 1 is 0.971 bits per heavy atom. The lowest BCUT2D eigenvalue weighted by atomic mass is 9.99. The largest absolute Gasteiger partial charge is 0.360 e. The maximum absolute atomic E-state index is 6.02. The first-order valence-electron chi connectivity index (χ1n) is 11.6. The highest BCUT2D eigenvalue weighted by Crippen LogP contribution is 2.31. The third kappa shape index (κ3) is 4.85. The molecule has 172 valence electrons. The number of nitrogens with zero attached hydrogens (tertiary/aromatic N) is 5. The van der Waals surface area contributed by atoms with Gasteiger partial charge in [-0.25, -0.2) is 9.36 Å². The van der Waals surface area contributed by atoms with E-state index in [4.69, 9.17) is 9.84 Å². The maximum atomic E-state index is 6.02. The van der Waals surface area contributed by atoms with Crippen molar-refractivity contribution in [2.24, 2.45) is 5.10 Å². The zero-order chi connectivity index (χ0) is 23.5. The molecule has 0 spiro atoms. The summed E-state index contributed by atoms with van der Waals surface area (Å²) in [6, 6.07) is 19.8. The quantitative estimate of drug-likeness (QED) is 0.154. The van der Waals surface area contributed by atoms with Crippen molar-refractivity contribution in [3.8, 4) is 11.1 Å². The zero-order valence-corrected chi connectivity index (χ0v) is 20.8. The van der Waals surface area contributed by atoms with Crippen LogP contribution in [0.2, 0.25) is 25.7 Å². The van der Waals surface area contributed by atoms with Gasteiger partial charge in [0.15, 0.2) is 0 Å². The first-order valence-corrected chi connectivity index (χ1v) is 15.3. The molecule has 0 fully saturated rings. The molecule has 0 saturated heterocycles. The van der Waals surface area contributed by atoms with Crippen LogP contribution in [0.15, 0.2) is 84.5 Å². The molecule has 3 aromatic heterocycles. The van der Waals surface area contributed by atoms with Crippen molar-refractivity contribution < 1.29 is 4.74 Å². The second-order valence-corrected chi connectivity index (χ2v) is 15.3. The molecule has 6 nitrogen and oxygen atoms in total. The lowest BCUT2D eigenvalue weighted by Gasteiger charge is -2.15. The van der Waals surface area contributed by atoms with Crippen LogP contribution < -0.4 is 0 Å². The number of rotatable bonds is 8. The number of benzene rings is 2. The van der Waals surface area contributed by atoms with Crippen molar-refractivity contribution in [1.29, 1.82) is 0 Å². The second-order valence-electron chi connectivity index (χ2n) is 9.68. The standard InChI is InChI=1S/C27H29N5OSi/c1-34(2,3)15-14-33-20-32-27-11-10-21(25-18-28-17-22-8-4-5-9-23(22)25)16-24(27)26(30-32)19-29-31-12-6-7-13-31/h4-13,16-19H,14-15,20H2,1-3H3/b29-19+. The molecule has 0 saturated carbocycles. The highest BCUT2D eigenvalue weighted by Gasteiger charge is 2.15. The van der Waals surface area contributed by atoms with Gasteiger partial charge in [-0.2, -0.15) is 10.2 Å². The minimum Gasteiger partial charge on any atom is -0.360 e. The van der Waals surface area contributed by atoms with E-state index in [1.807, 2.05) is 53.9 Å². The van der Waals surface area contributed by atoms with E-state index in [9.17, 15) is 0 Å². The summed E-state index contributed by atoms with van der Waals surface area (Å²) < 4.78 is 9.72. The van der Waals surface area contributed by atoms with E-state index in [0.29, 0.717) is 6.73 Å². The summed E-state index contributed by atoms with van der Waals surface area (Å²) in [6.07, 6.45) is 9.46. The minimum atomic E-state index is -1.14. The molecule has 5 aromatic rings. The number of hydrogen-bond acceptors (Lipinski definition) is 4. The number of hydrogen-bond donors (Lipinski definition) is 0. The minimum absolute atomic E-state index is 0.424. The molecule has 0 radical (unpaired) electrons.